The van der Waals surface area contributed by atoms with E-state index in [0.29, 0.717) is 34.1 Å². The highest BCUT2D eigenvalue weighted by atomic mass is 16.5. The van der Waals surface area contributed by atoms with Crippen LogP contribution in [0.3, 0.4) is 0 Å². The number of amides is 1. The number of aliphatic hydroxyl groups is 1. The number of hydrogen-bond donors (Lipinski definition) is 1. The van der Waals surface area contributed by atoms with Crippen LogP contribution in [0.25, 0.3) is 5.76 Å². The number of anilines is 1. The van der Waals surface area contributed by atoms with Crippen LogP contribution in [-0.4, -0.2) is 43.3 Å². The predicted octanol–water partition coefficient (Wildman–Crippen LogP) is 3.64. The molecule has 2 aromatic carbocycles. The number of aryl methyl sites for hydroxylation is 1. The molecule has 0 bridgehead atoms. The van der Waals surface area contributed by atoms with E-state index in [1.807, 2.05) is 0 Å². The number of nitrogens with zero attached hydrogens (tertiary/aromatic N) is 2. The first-order valence-corrected chi connectivity index (χ1v) is 10.0. The summed E-state index contributed by atoms with van der Waals surface area (Å²) in [5.41, 5.74) is 0.743. The van der Waals surface area contributed by atoms with Gasteiger partial charge in [0.25, 0.3) is 5.78 Å². The van der Waals surface area contributed by atoms with Crippen molar-refractivity contribution in [1.82, 2.24) is 5.16 Å². The molecule has 0 radical (unpaired) electrons. The Balaban J connectivity index is 2.01. The number of ketones is 1. The molecule has 1 aliphatic rings. The number of benzene rings is 2. The van der Waals surface area contributed by atoms with E-state index < -0.39 is 17.7 Å². The molecule has 1 aromatic heterocycles. The fourth-order valence-corrected chi connectivity index (χ4v) is 3.86. The van der Waals surface area contributed by atoms with Gasteiger partial charge in [-0.1, -0.05) is 35.5 Å². The van der Waals surface area contributed by atoms with Crippen LogP contribution in [-0.2, 0) is 9.59 Å². The second-order valence-electron chi connectivity index (χ2n) is 7.29. The van der Waals surface area contributed by atoms with Crippen LogP contribution in [0.1, 0.15) is 22.9 Å². The van der Waals surface area contributed by atoms with E-state index in [1.165, 1.54) is 26.2 Å². The molecule has 0 aliphatic carbocycles. The van der Waals surface area contributed by atoms with Crippen molar-refractivity contribution in [3.8, 4) is 17.2 Å². The van der Waals surface area contributed by atoms with E-state index in [1.54, 1.807) is 55.5 Å². The molecule has 3 aromatic rings. The van der Waals surface area contributed by atoms with Gasteiger partial charge in [-0.05, 0) is 24.6 Å². The molecule has 1 unspecified atom stereocenters. The first-order valence-electron chi connectivity index (χ1n) is 10.0. The summed E-state index contributed by atoms with van der Waals surface area (Å²) in [5.74, 6) is -0.409. The molecule has 9 heteroatoms. The van der Waals surface area contributed by atoms with E-state index >= 15 is 0 Å². The van der Waals surface area contributed by atoms with Crippen LogP contribution in [0.2, 0.25) is 0 Å². The third kappa shape index (κ3) is 3.67. The molecule has 1 amide bonds. The topological polar surface area (TPSA) is 111 Å². The Morgan fingerprint density at radius 3 is 2.15 bits per heavy atom. The number of aromatic nitrogens is 1. The van der Waals surface area contributed by atoms with E-state index in [2.05, 4.69) is 5.16 Å². The average molecular weight is 450 g/mol. The van der Waals surface area contributed by atoms with Gasteiger partial charge in [0.15, 0.2) is 17.3 Å². The molecule has 1 saturated heterocycles. The molecule has 0 spiro atoms. The molecule has 170 valence electrons. The predicted molar refractivity (Wildman–Crippen MR) is 119 cm³/mol. The average Bonchev–Trinajstić information content (AvgIpc) is 3.38. The maximum absolute atomic E-state index is 13.2. The zero-order chi connectivity index (χ0) is 23.7. The van der Waals surface area contributed by atoms with Gasteiger partial charge in [0.05, 0.1) is 32.9 Å². The van der Waals surface area contributed by atoms with Crippen molar-refractivity contribution in [3.63, 3.8) is 0 Å². The molecular formula is C24H22N2O7. The standard InChI is InChI=1S/C24H22N2O7/c1-13-10-18(25-33-13)26-20(15-11-16(30-2)23(32-4)17(12-15)31-3)19(22(28)24(26)29)21(27)14-8-6-5-7-9-14/h5-12,20,27H,1-4H3/b21-19+. The summed E-state index contributed by atoms with van der Waals surface area (Å²) in [6.45, 7) is 1.67. The number of hydrogen-bond acceptors (Lipinski definition) is 8. The van der Waals surface area contributed by atoms with Gasteiger partial charge in [0, 0.05) is 11.6 Å². The number of aliphatic hydroxyl groups excluding tert-OH is 1. The highest BCUT2D eigenvalue weighted by molar-refractivity contribution is 6.51. The lowest BCUT2D eigenvalue weighted by atomic mass is 9.94. The fraction of sp³-hybridized carbons (Fsp3) is 0.208. The Hall–Kier alpha value is -4.27. The molecule has 1 N–H and O–H groups in total. The van der Waals surface area contributed by atoms with Crippen LogP contribution in [0.4, 0.5) is 5.82 Å². The molecule has 4 rings (SSSR count). The van der Waals surface area contributed by atoms with Crippen molar-refractivity contribution < 1.29 is 33.4 Å². The second-order valence-corrected chi connectivity index (χ2v) is 7.29. The number of Topliss-reactive ketones (excluding diaryl/α,β-unsaturated/α-hetero) is 1. The molecule has 1 fully saturated rings. The van der Waals surface area contributed by atoms with Gasteiger partial charge in [0.1, 0.15) is 11.5 Å². The first-order chi connectivity index (χ1) is 15.9. The van der Waals surface area contributed by atoms with Crippen molar-refractivity contribution in [2.75, 3.05) is 26.2 Å². The lowest BCUT2D eigenvalue weighted by molar-refractivity contribution is -0.132. The normalized spacial score (nSPS) is 17.3. The second kappa shape index (κ2) is 8.70. The van der Waals surface area contributed by atoms with Gasteiger partial charge >= 0.3 is 5.91 Å². The molecule has 1 aliphatic heterocycles. The quantitative estimate of drug-likeness (QED) is 0.344. The van der Waals surface area contributed by atoms with Crippen molar-refractivity contribution in [2.45, 2.75) is 13.0 Å². The lowest BCUT2D eigenvalue weighted by Crippen LogP contribution is -2.29. The molecule has 0 saturated carbocycles. The summed E-state index contributed by atoms with van der Waals surface area (Å²) in [4.78, 5) is 27.5. The van der Waals surface area contributed by atoms with Crippen LogP contribution < -0.4 is 19.1 Å². The molecule has 1 atom stereocenters. The SMILES string of the molecule is COc1cc(C2/C(=C(\O)c3ccccc3)C(=O)C(=O)N2c2cc(C)on2)cc(OC)c1OC. The largest absolute Gasteiger partial charge is 0.507 e. The molecule has 33 heavy (non-hydrogen) atoms. The Morgan fingerprint density at radius 1 is 1.00 bits per heavy atom. The van der Waals surface area contributed by atoms with Gasteiger partial charge < -0.3 is 23.8 Å². The maximum Gasteiger partial charge on any atom is 0.301 e. The number of methoxy groups -OCH3 is 3. The Kier molecular flexibility index (Phi) is 5.78. The third-order valence-electron chi connectivity index (χ3n) is 5.36. The van der Waals surface area contributed by atoms with E-state index in [-0.39, 0.29) is 17.2 Å². The first kappa shape index (κ1) is 21.9. The Bertz CT molecular complexity index is 1220. The summed E-state index contributed by atoms with van der Waals surface area (Å²) in [6, 6.07) is 12.3. The number of carbonyl (C=O) groups is 2. The van der Waals surface area contributed by atoms with E-state index in [0.717, 1.165) is 0 Å². The minimum absolute atomic E-state index is 0.0962. The smallest absolute Gasteiger partial charge is 0.301 e. The minimum Gasteiger partial charge on any atom is -0.507 e. The van der Waals surface area contributed by atoms with Crippen LogP contribution in [0.5, 0.6) is 17.2 Å². The number of carbonyl (C=O) groups excluding carboxylic acids is 2. The summed E-state index contributed by atoms with van der Waals surface area (Å²) in [6.07, 6.45) is 0. The zero-order valence-electron chi connectivity index (χ0n) is 18.5. The third-order valence-corrected chi connectivity index (χ3v) is 5.36. The van der Waals surface area contributed by atoms with E-state index in [4.69, 9.17) is 18.7 Å². The van der Waals surface area contributed by atoms with Gasteiger partial charge in [-0.25, -0.2) is 0 Å². The maximum atomic E-state index is 13.2. The Labute approximate surface area is 189 Å². The van der Waals surface area contributed by atoms with Crippen LogP contribution in [0.15, 0.2) is 58.6 Å². The molecule has 2 heterocycles. The fourth-order valence-electron chi connectivity index (χ4n) is 3.86. The van der Waals surface area contributed by atoms with Crippen molar-refractivity contribution in [3.05, 3.63) is 71.0 Å². The van der Waals surface area contributed by atoms with Crippen molar-refractivity contribution in [2.24, 2.45) is 0 Å². The van der Waals surface area contributed by atoms with Crippen molar-refractivity contribution >= 4 is 23.3 Å². The van der Waals surface area contributed by atoms with Gasteiger partial charge in [-0.15, -0.1) is 0 Å². The zero-order valence-corrected chi connectivity index (χ0v) is 18.5. The summed E-state index contributed by atoms with van der Waals surface area (Å²) < 4.78 is 21.4. The Morgan fingerprint density at radius 2 is 1.64 bits per heavy atom. The summed E-state index contributed by atoms with van der Waals surface area (Å²) >= 11 is 0. The lowest BCUT2D eigenvalue weighted by Gasteiger charge is -2.24. The summed E-state index contributed by atoms with van der Waals surface area (Å²) in [5, 5.41) is 15.0. The van der Waals surface area contributed by atoms with Crippen LogP contribution in [0, 0.1) is 6.92 Å². The number of rotatable bonds is 6. The van der Waals surface area contributed by atoms with Gasteiger partial charge in [-0.3, -0.25) is 14.5 Å². The molecule has 9 nitrogen and oxygen atoms in total. The minimum atomic E-state index is -1.02. The number of ether oxygens (including phenoxy) is 3. The highest BCUT2D eigenvalue weighted by Gasteiger charge is 2.48. The van der Waals surface area contributed by atoms with E-state index in [9.17, 15) is 14.7 Å². The van der Waals surface area contributed by atoms with Crippen molar-refractivity contribution in [1.29, 1.82) is 0 Å². The van der Waals surface area contributed by atoms with Gasteiger partial charge in [-0.2, -0.15) is 0 Å². The summed E-state index contributed by atoms with van der Waals surface area (Å²) in [7, 11) is 4.39. The van der Waals surface area contributed by atoms with Crippen LogP contribution >= 0.6 is 0 Å². The highest BCUT2D eigenvalue weighted by Crippen LogP contribution is 2.46. The molecular weight excluding hydrogens is 428 g/mol. The van der Waals surface area contributed by atoms with Gasteiger partial charge in [0.2, 0.25) is 5.75 Å². The monoisotopic (exact) mass is 450 g/mol.